The summed E-state index contributed by atoms with van der Waals surface area (Å²) in [6, 6.07) is 15.1. The van der Waals surface area contributed by atoms with E-state index in [-0.39, 0.29) is 5.43 Å². The van der Waals surface area contributed by atoms with Gasteiger partial charge in [0.1, 0.15) is 29.6 Å². The molecule has 2 aromatic carbocycles. The van der Waals surface area contributed by atoms with Gasteiger partial charge in [0.05, 0.1) is 23.6 Å². The highest BCUT2D eigenvalue weighted by atomic mass is 16.5. The van der Waals surface area contributed by atoms with E-state index in [1.54, 1.807) is 25.6 Å². The molecule has 0 amide bonds. The average molecular weight is 414 g/mol. The molecule has 0 fully saturated rings. The number of hydrogen-bond acceptors (Lipinski definition) is 6. The molecule has 3 heterocycles. The maximum atomic E-state index is 13.5. The maximum Gasteiger partial charge on any atom is 0.200 e. The van der Waals surface area contributed by atoms with Gasteiger partial charge in [-0.1, -0.05) is 18.2 Å². The van der Waals surface area contributed by atoms with Gasteiger partial charge in [-0.2, -0.15) is 0 Å². The Kier molecular flexibility index (Phi) is 4.92. The lowest BCUT2D eigenvalue weighted by molar-refractivity contribution is 0.0889. The Morgan fingerprint density at radius 1 is 1.10 bits per heavy atom. The van der Waals surface area contributed by atoms with E-state index < -0.39 is 0 Å². The minimum atomic E-state index is -0.0719. The number of aromatic nitrogens is 1. The van der Waals surface area contributed by atoms with E-state index in [0.29, 0.717) is 41.3 Å². The minimum absolute atomic E-state index is 0.0719. The molecule has 0 aliphatic carbocycles. The van der Waals surface area contributed by atoms with Crippen LogP contribution in [-0.4, -0.2) is 23.7 Å². The fraction of sp³-hybridized carbons (Fsp3) is 0.200. The summed E-state index contributed by atoms with van der Waals surface area (Å²) in [5.41, 5.74) is 3.81. The number of rotatable bonds is 4. The van der Waals surface area contributed by atoms with Crippen molar-refractivity contribution in [1.29, 1.82) is 0 Å². The van der Waals surface area contributed by atoms with Gasteiger partial charge in [-0.25, -0.2) is 0 Å². The predicted molar refractivity (Wildman–Crippen MR) is 118 cm³/mol. The summed E-state index contributed by atoms with van der Waals surface area (Å²) in [6.07, 6.45) is 3.57. The number of fused-ring (bicyclic) bond motifs is 3. The zero-order valence-electron chi connectivity index (χ0n) is 17.4. The largest absolute Gasteiger partial charge is 0.496 e. The molecule has 2 aromatic heterocycles. The highest BCUT2D eigenvalue weighted by molar-refractivity contribution is 5.87. The Morgan fingerprint density at radius 2 is 1.90 bits per heavy atom. The number of hydrogen-bond donors (Lipinski definition) is 0. The third-order valence-corrected chi connectivity index (χ3v) is 5.61. The van der Waals surface area contributed by atoms with Crippen LogP contribution in [-0.2, 0) is 13.1 Å². The van der Waals surface area contributed by atoms with Gasteiger partial charge in [0.15, 0.2) is 0 Å². The molecule has 0 unspecified atom stereocenters. The second kappa shape index (κ2) is 7.89. The molecule has 0 spiro atoms. The Labute approximate surface area is 179 Å². The van der Waals surface area contributed by atoms with Gasteiger partial charge in [0.25, 0.3) is 0 Å². The van der Waals surface area contributed by atoms with Gasteiger partial charge < -0.3 is 13.9 Å². The van der Waals surface area contributed by atoms with E-state index in [0.717, 1.165) is 29.0 Å². The average Bonchev–Trinajstić information content (AvgIpc) is 2.80. The van der Waals surface area contributed by atoms with Crippen LogP contribution in [0.5, 0.6) is 11.5 Å². The van der Waals surface area contributed by atoms with Crippen molar-refractivity contribution in [2.75, 3.05) is 13.8 Å². The molecular weight excluding hydrogens is 392 g/mol. The third kappa shape index (κ3) is 3.45. The highest BCUT2D eigenvalue weighted by Gasteiger charge is 2.24. The first kappa shape index (κ1) is 19.3. The molecule has 6 nitrogen and oxygen atoms in total. The van der Waals surface area contributed by atoms with Crippen LogP contribution in [0, 0.1) is 6.92 Å². The molecular formula is C25H22N2O4. The second-order valence-electron chi connectivity index (χ2n) is 7.60. The highest BCUT2D eigenvalue weighted by Crippen LogP contribution is 2.36. The molecule has 0 radical (unpaired) electrons. The lowest BCUT2D eigenvalue weighted by atomic mass is 9.99. The number of benzene rings is 2. The SMILES string of the molecule is COc1ccccc1-c1c(C)oc2c3c(ccc2c1=O)OCN(Cc1ccncc1)C3. The van der Waals surface area contributed by atoms with Crippen LogP contribution in [0.3, 0.4) is 0 Å². The molecule has 4 aromatic rings. The Hall–Kier alpha value is -3.64. The van der Waals surface area contributed by atoms with Gasteiger partial charge in [-0.15, -0.1) is 0 Å². The molecule has 6 heteroatoms. The number of methoxy groups -OCH3 is 1. The first-order valence-corrected chi connectivity index (χ1v) is 10.1. The van der Waals surface area contributed by atoms with Crippen molar-refractivity contribution in [2.24, 2.45) is 0 Å². The summed E-state index contributed by atoms with van der Waals surface area (Å²) in [6.45, 7) is 3.65. The number of aryl methyl sites for hydroxylation is 1. The quantitative estimate of drug-likeness (QED) is 0.489. The van der Waals surface area contributed by atoms with Gasteiger partial charge in [-0.05, 0) is 42.8 Å². The molecule has 1 aliphatic rings. The standard InChI is InChI=1S/C25H22N2O4/c1-16-23(18-5-3-4-6-21(18)29-2)24(28)19-7-8-22-20(25(19)31-16)14-27(15-30-22)13-17-9-11-26-12-10-17/h3-12H,13-15H2,1-2H3. The minimum Gasteiger partial charge on any atom is -0.496 e. The molecule has 156 valence electrons. The Bertz CT molecular complexity index is 1310. The molecule has 31 heavy (non-hydrogen) atoms. The van der Waals surface area contributed by atoms with Crippen LogP contribution in [0.2, 0.25) is 0 Å². The number of pyridine rings is 1. The summed E-state index contributed by atoms with van der Waals surface area (Å²) in [5, 5.41) is 0.541. The zero-order chi connectivity index (χ0) is 21.4. The maximum absolute atomic E-state index is 13.5. The smallest absolute Gasteiger partial charge is 0.200 e. The molecule has 1 aliphatic heterocycles. The third-order valence-electron chi connectivity index (χ3n) is 5.61. The van der Waals surface area contributed by atoms with Crippen molar-refractivity contribution in [3.8, 4) is 22.6 Å². The first-order valence-electron chi connectivity index (χ1n) is 10.1. The number of ether oxygens (including phenoxy) is 2. The fourth-order valence-electron chi connectivity index (χ4n) is 4.13. The van der Waals surface area contributed by atoms with Crippen molar-refractivity contribution in [3.05, 3.63) is 88.0 Å². The van der Waals surface area contributed by atoms with Gasteiger partial charge in [0.2, 0.25) is 5.43 Å². The van der Waals surface area contributed by atoms with Crippen molar-refractivity contribution >= 4 is 11.0 Å². The van der Waals surface area contributed by atoms with E-state index in [1.165, 1.54) is 0 Å². The Morgan fingerprint density at radius 3 is 2.71 bits per heavy atom. The molecule has 0 saturated heterocycles. The molecule has 0 atom stereocenters. The number of para-hydroxylation sites is 1. The van der Waals surface area contributed by atoms with Crippen LogP contribution >= 0.6 is 0 Å². The van der Waals surface area contributed by atoms with Gasteiger partial charge >= 0.3 is 0 Å². The lowest BCUT2D eigenvalue weighted by Crippen LogP contribution is -2.31. The molecule has 0 N–H and O–H groups in total. The molecule has 0 bridgehead atoms. The van der Waals surface area contributed by atoms with E-state index >= 15 is 0 Å². The lowest BCUT2D eigenvalue weighted by Gasteiger charge is -2.29. The summed E-state index contributed by atoms with van der Waals surface area (Å²) in [7, 11) is 1.60. The monoisotopic (exact) mass is 414 g/mol. The summed E-state index contributed by atoms with van der Waals surface area (Å²) in [4.78, 5) is 19.7. The van der Waals surface area contributed by atoms with Crippen LogP contribution in [0.15, 0.2) is 70.1 Å². The molecule has 5 rings (SSSR count). The van der Waals surface area contributed by atoms with Crippen molar-refractivity contribution < 1.29 is 13.9 Å². The summed E-state index contributed by atoms with van der Waals surface area (Å²) in [5.74, 6) is 1.95. The summed E-state index contributed by atoms with van der Waals surface area (Å²) >= 11 is 0. The van der Waals surface area contributed by atoms with Crippen molar-refractivity contribution in [1.82, 2.24) is 9.88 Å². The van der Waals surface area contributed by atoms with Crippen molar-refractivity contribution in [3.63, 3.8) is 0 Å². The number of nitrogens with zero attached hydrogens (tertiary/aromatic N) is 2. The van der Waals surface area contributed by atoms with Crippen LogP contribution in [0.25, 0.3) is 22.1 Å². The zero-order valence-corrected chi connectivity index (χ0v) is 17.4. The van der Waals surface area contributed by atoms with Crippen LogP contribution in [0.1, 0.15) is 16.9 Å². The molecule has 0 saturated carbocycles. The van der Waals surface area contributed by atoms with Crippen LogP contribution in [0.4, 0.5) is 0 Å². The normalized spacial score (nSPS) is 13.6. The van der Waals surface area contributed by atoms with E-state index in [2.05, 4.69) is 9.88 Å². The first-order chi connectivity index (χ1) is 15.2. The predicted octanol–water partition coefficient (Wildman–Crippen LogP) is 4.52. The van der Waals surface area contributed by atoms with E-state index in [9.17, 15) is 4.79 Å². The van der Waals surface area contributed by atoms with Gasteiger partial charge in [0, 0.05) is 31.0 Å². The summed E-state index contributed by atoms with van der Waals surface area (Å²) < 4.78 is 17.7. The topological polar surface area (TPSA) is 64.8 Å². The van der Waals surface area contributed by atoms with Crippen LogP contribution < -0.4 is 14.9 Å². The Balaban J connectivity index is 1.60. The second-order valence-corrected chi connectivity index (χ2v) is 7.60. The van der Waals surface area contributed by atoms with E-state index in [1.807, 2.05) is 49.4 Å². The van der Waals surface area contributed by atoms with Gasteiger partial charge in [-0.3, -0.25) is 14.7 Å². The van der Waals surface area contributed by atoms with Crippen molar-refractivity contribution in [2.45, 2.75) is 20.0 Å². The van der Waals surface area contributed by atoms with E-state index in [4.69, 9.17) is 13.9 Å². The fourth-order valence-corrected chi connectivity index (χ4v) is 4.13.